The summed E-state index contributed by atoms with van der Waals surface area (Å²) in [5.41, 5.74) is 3.05. The zero-order valence-corrected chi connectivity index (χ0v) is 16.2. The molecule has 1 N–H and O–H groups in total. The molecular weight excluding hydrogens is 361 g/mol. The number of amides is 1. The third-order valence-corrected chi connectivity index (χ3v) is 5.22. The number of aryl methyl sites for hydroxylation is 2. The first kappa shape index (κ1) is 19.9. The number of aliphatic carboxylic acids is 1. The maximum absolute atomic E-state index is 13.2. The van der Waals surface area contributed by atoms with E-state index in [2.05, 4.69) is 0 Å². The Morgan fingerprint density at radius 1 is 1.18 bits per heavy atom. The molecule has 1 aliphatic heterocycles. The molecule has 1 heterocycles. The second kappa shape index (κ2) is 8.00. The lowest BCUT2D eigenvalue weighted by molar-refractivity contribution is -0.139. The van der Waals surface area contributed by atoms with Gasteiger partial charge in [-0.25, -0.2) is 9.18 Å². The van der Waals surface area contributed by atoms with Crippen molar-refractivity contribution in [3.8, 4) is 5.75 Å². The number of ether oxygens (including phenoxy) is 1. The van der Waals surface area contributed by atoms with Crippen LogP contribution in [0.1, 0.15) is 46.3 Å². The van der Waals surface area contributed by atoms with Crippen molar-refractivity contribution >= 4 is 11.9 Å². The van der Waals surface area contributed by atoms with Gasteiger partial charge >= 0.3 is 5.97 Å². The Kier molecular flexibility index (Phi) is 5.68. The van der Waals surface area contributed by atoms with Crippen LogP contribution in [0.3, 0.4) is 0 Å². The summed E-state index contributed by atoms with van der Waals surface area (Å²) in [7, 11) is 0. The zero-order chi connectivity index (χ0) is 20.4. The molecule has 5 nitrogen and oxygen atoms in total. The fourth-order valence-corrected chi connectivity index (χ4v) is 3.89. The highest BCUT2D eigenvalue weighted by molar-refractivity contribution is 5.95. The van der Waals surface area contributed by atoms with E-state index < -0.39 is 12.6 Å². The molecule has 0 aliphatic carbocycles. The number of hydrogen-bond donors (Lipinski definition) is 1. The Morgan fingerprint density at radius 2 is 1.79 bits per heavy atom. The Labute approximate surface area is 163 Å². The smallest absolute Gasteiger partial charge is 0.341 e. The van der Waals surface area contributed by atoms with E-state index in [9.17, 15) is 14.0 Å². The van der Waals surface area contributed by atoms with Gasteiger partial charge in [-0.1, -0.05) is 12.1 Å². The molecule has 2 unspecified atom stereocenters. The monoisotopic (exact) mass is 385 g/mol. The number of nitrogens with zero attached hydrogens (tertiary/aromatic N) is 1. The molecule has 148 valence electrons. The van der Waals surface area contributed by atoms with Gasteiger partial charge in [0.2, 0.25) is 0 Å². The van der Waals surface area contributed by atoms with Gasteiger partial charge in [0, 0.05) is 24.1 Å². The lowest BCUT2D eigenvalue weighted by atomic mass is 9.97. The molecule has 2 atom stereocenters. The second-order valence-electron chi connectivity index (χ2n) is 7.41. The number of hydrogen-bond acceptors (Lipinski definition) is 3. The third kappa shape index (κ3) is 4.16. The lowest BCUT2D eigenvalue weighted by Crippen LogP contribution is -2.34. The van der Waals surface area contributed by atoms with Crippen LogP contribution in [0.15, 0.2) is 36.4 Å². The first-order valence-electron chi connectivity index (χ1n) is 9.28. The van der Waals surface area contributed by atoms with Crippen LogP contribution in [0.25, 0.3) is 0 Å². The van der Waals surface area contributed by atoms with Gasteiger partial charge in [0.05, 0.1) is 0 Å². The van der Waals surface area contributed by atoms with Gasteiger partial charge in [0.25, 0.3) is 5.91 Å². The number of carboxylic acids is 1. The molecule has 6 heteroatoms. The molecule has 28 heavy (non-hydrogen) atoms. The minimum absolute atomic E-state index is 0.0619. The van der Waals surface area contributed by atoms with Gasteiger partial charge in [-0.3, -0.25) is 4.79 Å². The van der Waals surface area contributed by atoms with Crippen LogP contribution >= 0.6 is 0 Å². The van der Waals surface area contributed by atoms with Gasteiger partial charge in [-0.15, -0.1) is 0 Å². The molecule has 1 saturated heterocycles. The number of carboxylic acid groups (broad SMARTS) is 1. The van der Waals surface area contributed by atoms with Crippen molar-refractivity contribution in [2.45, 2.75) is 39.2 Å². The second-order valence-corrected chi connectivity index (χ2v) is 7.41. The van der Waals surface area contributed by atoms with Crippen LogP contribution in [0.4, 0.5) is 4.39 Å². The van der Waals surface area contributed by atoms with Crippen LogP contribution in [-0.2, 0) is 4.79 Å². The molecule has 1 aliphatic rings. The van der Waals surface area contributed by atoms with Gasteiger partial charge in [-0.05, 0) is 68.1 Å². The average Bonchev–Trinajstić information content (AvgIpc) is 3.02. The van der Waals surface area contributed by atoms with Crippen LogP contribution in [0.5, 0.6) is 5.75 Å². The van der Waals surface area contributed by atoms with Gasteiger partial charge in [-0.2, -0.15) is 0 Å². The van der Waals surface area contributed by atoms with E-state index in [-0.39, 0.29) is 23.7 Å². The van der Waals surface area contributed by atoms with Gasteiger partial charge < -0.3 is 14.7 Å². The predicted octanol–water partition coefficient (Wildman–Crippen LogP) is 3.92. The van der Waals surface area contributed by atoms with E-state index in [1.54, 1.807) is 38.1 Å². The molecule has 0 bridgehead atoms. The van der Waals surface area contributed by atoms with E-state index in [0.29, 0.717) is 17.9 Å². The van der Waals surface area contributed by atoms with Crippen molar-refractivity contribution in [2.75, 3.05) is 13.2 Å². The fraction of sp³-hybridized carbons (Fsp3) is 0.364. The van der Waals surface area contributed by atoms with Crippen LogP contribution in [0.2, 0.25) is 0 Å². The Morgan fingerprint density at radius 3 is 2.36 bits per heavy atom. The SMILES string of the molecule is Cc1cc(C(=O)N2CC(c3ccc(F)cc3)CC2C)cc(C)c1OCC(=O)O. The summed E-state index contributed by atoms with van der Waals surface area (Å²) in [6.45, 7) is 5.79. The minimum Gasteiger partial charge on any atom is -0.481 e. The average molecular weight is 385 g/mol. The normalized spacial score (nSPS) is 18.9. The van der Waals surface area contributed by atoms with Gasteiger partial charge in [0.15, 0.2) is 6.61 Å². The largest absolute Gasteiger partial charge is 0.481 e. The van der Waals surface area contributed by atoms with Crippen LogP contribution in [-0.4, -0.2) is 41.1 Å². The highest BCUT2D eigenvalue weighted by atomic mass is 19.1. The number of halogens is 1. The molecule has 1 fully saturated rings. The summed E-state index contributed by atoms with van der Waals surface area (Å²) in [5.74, 6) is -0.693. The molecular formula is C22H24FNO4. The van der Waals surface area contributed by atoms with Crippen molar-refractivity contribution in [2.24, 2.45) is 0 Å². The Balaban J connectivity index is 1.78. The molecule has 1 amide bonds. The molecule has 2 aromatic rings. The zero-order valence-electron chi connectivity index (χ0n) is 16.2. The minimum atomic E-state index is -1.04. The summed E-state index contributed by atoms with van der Waals surface area (Å²) in [6, 6.07) is 10.0. The number of benzene rings is 2. The van der Waals surface area contributed by atoms with Crippen LogP contribution in [0, 0.1) is 19.7 Å². The first-order valence-corrected chi connectivity index (χ1v) is 9.28. The molecule has 0 radical (unpaired) electrons. The third-order valence-electron chi connectivity index (χ3n) is 5.22. The van der Waals surface area contributed by atoms with E-state index in [0.717, 1.165) is 23.1 Å². The molecule has 0 aromatic heterocycles. The summed E-state index contributed by atoms with van der Waals surface area (Å²) < 4.78 is 18.5. The van der Waals surface area contributed by atoms with E-state index in [1.165, 1.54) is 12.1 Å². The Bertz CT molecular complexity index is 871. The van der Waals surface area contributed by atoms with E-state index >= 15 is 0 Å². The van der Waals surface area contributed by atoms with Crippen molar-refractivity contribution in [3.05, 3.63) is 64.5 Å². The van der Waals surface area contributed by atoms with E-state index in [1.807, 2.05) is 11.8 Å². The number of carbonyl (C=O) groups is 2. The molecule has 3 rings (SSSR count). The van der Waals surface area contributed by atoms with Crippen molar-refractivity contribution < 1.29 is 23.8 Å². The number of likely N-dealkylation sites (tertiary alicyclic amines) is 1. The van der Waals surface area contributed by atoms with Crippen molar-refractivity contribution in [1.29, 1.82) is 0 Å². The molecule has 0 saturated carbocycles. The lowest BCUT2D eigenvalue weighted by Gasteiger charge is -2.22. The maximum atomic E-state index is 13.2. The number of rotatable bonds is 5. The summed E-state index contributed by atoms with van der Waals surface area (Å²) in [4.78, 5) is 25.7. The molecule has 0 spiro atoms. The van der Waals surface area contributed by atoms with Gasteiger partial charge in [0.1, 0.15) is 11.6 Å². The highest BCUT2D eigenvalue weighted by Gasteiger charge is 2.34. The highest BCUT2D eigenvalue weighted by Crippen LogP contribution is 2.33. The number of carbonyl (C=O) groups excluding carboxylic acids is 1. The van der Waals surface area contributed by atoms with Crippen molar-refractivity contribution in [3.63, 3.8) is 0 Å². The van der Waals surface area contributed by atoms with Crippen molar-refractivity contribution in [1.82, 2.24) is 4.90 Å². The summed E-state index contributed by atoms with van der Waals surface area (Å²) in [6.07, 6.45) is 0.829. The summed E-state index contributed by atoms with van der Waals surface area (Å²) in [5, 5.41) is 8.80. The maximum Gasteiger partial charge on any atom is 0.341 e. The standard InChI is InChI=1S/C22H24FNO4/c1-13-8-17(9-14(2)21(13)28-12-20(25)26)22(27)24-11-18(10-15(24)3)16-4-6-19(23)7-5-16/h4-9,15,18H,10-12H2,1-3H3,(H,25,26). The summed E-state index contributed by atoms with van der Waals surface area (Å²) >= 11 is 0. The topological polar surface area (TPSA) is 66.8 Å². The predicted molar refractivity (Wildman–Crippen MR) is 103 cm³/mol. The first-order chi connectivity index (χ1) is 13.3. The Hall–Kier alpha value is -2.89. The quantitative estimate of drug-likeness (QED) is 0.847. The molecule has 2 aromatic carbocycles. The van der Waals surface area contributed by atoms with E-state index in [4.69, 9.17) is 9.84 Å². The van der Waals surface area contributed by atoms with Crippen LogP contribution < -0.4 is 4.74 Å². The fourth-order valence-electron chi connectivity index (χ4n) is 3.89.